The third-order valence-corrected chi connectivity index (χ3v) is 4.96. The molecule has 120 valence electrons. The summed E-state index contributed by atoms with van der Waals surface area (Å²) >= 11 is 0. The smallest absolute Gasteiger partial charge is 0.213 e. The van der Waals surface area contributed by atoms with Crippen LogP contribution in [0.15, 0.2) is 11.6 Å². The molecule has 0 aromatic heterocycles. The van der Waals surface area contributed by atoms with Crippen LogP contribution in [0, 0.1) is 43.4 Å². The molecule has 0 unspecified atom stereocenters. The minimum absolute atomic E-state index is 0.0807. The molecule has 7 nitrogen and oxygen atoms in total. The number of nitrogens with zero attached hydrogens (tertiary/aromatic N) is 3. The minimum Gasteiger partial charge on any atom is -0.264 e. The summed E-state index contributed by atoms with van der Waals surface area (Å²) in [5, 5.41) is 31.1. The summed E-state index contributed by atoms with van der Waals surface area (Å²) in [5.74, 6) is 0.171. The van der Waals surface area contributed by atoms with E-state index in [2.05, 4.69) is 6.07 Å². The molecule has 0 radical (unpaired) electrons. The summed E-state index contributed by atoms with van der Waals surface area (Å²) in [4.78, 5) is 21.3. The molecule has 22 heavy (non-hydrogen) atoms. The first-order valence-corrected chi connectivity index (χ1v) is 7.90. The van der Waals surface area contributed by atoms with Crippen LogP contribution >= 0.6 is 0 Å². The van der Waals surface area contributed by atoms with Crippen LogP contribution < -0.4 is 0 Å². The summed E-state index contributed by atoms with van der Waals surface area (Å²) in [6.07, 6.45) is 7.09. The van der Waals surface area contributed by atoms with E-state index in [0.29, 0.717) is 44.1 Å². The molecule has 0 N–H and O–H groups in total. The largest absolute Gasteiger partial charge is 0.264 e. The summed E-state index contributed by atoms with van der Waals surface area (Å²) in [6, 6.07) is 1.25. The molecule has 0 bridgehead atoms. The Morgan fingerprint density at radius 2 is 1.64 bits per heavy atom. The van der Waals surface area contributed by atoms with Gasteiger partial charge in [-0.15, -0.1) is 0 Å². The van der Waals surface area contributed by atoms with Gasteiger partial charge in [0.1, 0.15) is 0 Å². The molecule has 0 saturated heterocycles. The van der Waals surface area contributed by atoms with Gasteiger partial charge in [0.05, 0.1) is 6.07 Å². The van der Waals surface area contributed by atoms with Crippen molar-refractivity contribution in [2.75, 3.05) is 0 Å². The van der Waals surface area contributed by atoms with Gasteiger partial charge in [0.15, 0.2) is 0 Å². The Morgan fingerprint density at radius 1 is 1.00 bits per heavy atom. The van der Waals surface area contributed by atoms with Crippen LogP contribution in [0.4, 0.5) is 0 Å². The Labute approximate surface area is 129 Å². The third kappa shape index (κ3) is 4.03. The van der Waals surface area contributed by atoms with Crippen molar-refractivity contribution in [3.05, 3.63) is 31.9 Å². The van der Waals surface area contributed by atoms with Crippen molar-refractivity contribution in [3.63, 3.8) is 0 Å². The standard InChI is InChI=1S/C15H21N3O4/c16-10-13(12-4-6-14(7-5-12)17(19)20)8-11-2-1-3-15(9-11)18(21)22/h8,11-12,14-15H,1-7,9H2/b13-8+/t11-,12?,14?,15+/m0/s1. The van der Waals surface area contributed by atoms with Gasteiger partial charge in [0.25, 0.3) is 0 Å². The van der Waals surface area contributed by atoms with Crippen LogP contribution in [0.2, 0.25) is 0 Å². The van der Waals surface area contributed by atoms with Gasteiger partial charge in [-0.1, -0.05) is 6.08 Å². The molecule has 2 aliphatic rings. The molecule has 2 saturated carbocycles. The molecule has 0 aliphatic heterocycles. The van der Waals surface area contributed by atoms with Crippen molar-refractivity contribution in [1.82, 2.24) is 0 Å². The van der Waals surface area contributed by atoms with Crippen molar-refractivity contribution in [1.29, 1.82) is 5.26 Å². The van der Waals surface area contributed by atoms with E-state index in [4.69, 9.17) is 0 Å². The van der Waals surface area contributed by atoms with Crippen LogP contribution in [0.3, 0.4) is 0 Å². The average molecular weight is 307 g/mol. The maximum Gasteiger partial charge on any atom is 0.213 e. The van der Waals surface area contributed by atoms with E-state index in [0.717, 1.165) is 12.8 Å². The Morgan fingerprint density at radius 3 is 2.18 bits per heavy atom. The van der Waals surface area contributed by atoms with E-state index in [1.165, 1.54) is 0 Å². The lowest BCUT2D eigenvalue weighted by molar-refractivity contribution is -0.527. The van der Waals surface area contributed by atoms with Crippen molar-refractivity contribution in [2.45, 2.75) is 63.5 Å². The van der Waals surface area contributed by atoms with Gasteiger partial charge in [-0.25, -0.2) is 0 Å². The second-order valence-corrected chi connectivity index (χ2v) is 6.39. The van der Waals surface area contributed by atoms with Crippen LogP contribution in [-0.4, -0.2) is 21.9 Å². The number of hydrogen-bond acceptors (Lipinski definition) is 5. The van der Waals surface area contributed by atoms with E-state index in [1.54, 1.807) is 0 Å². The molecule has 0 aromatic rings. The third-order valence-electron chi connectivity index (χ3n) is 4.96. The van der Waals surface area contributed by atoms with Crippen LogP contribution in [0.25, 0.3) is 0 Å². The fourth-order valence-corrected chi connectivity index (χ4v) is 3.66. The lowest BCUT2D eigenvalue weighted by atomic mass is 9.78. The van der Waals surface area contributed by atoms with Gasteiger partial charge in [-0.05, 0) is 37.5 Å². The monoisotopic (exact) mass is 307 g/mol. The molecular weight excluding hydrogens is 286 g/mol. The summed E-state index contributed by atoms with van der Waals surface area (Å²) in [7, 11) is 0. The molecular formula is C15H21N3O4. The SMILES string of the molecule is N#C/C(=C\[C@@H]1CCC[C@@H]([N+](=O)[O-])C1)C1CCC([N+](=O)[O-])CC1. The Hall–Kier alpha value is -1.97. The number of nitriles is 1. The van der Waals surface area contributed by atoms with E-state index in [1.807, 2.05) is 6.08 Å². The zero-order valence-corrected chi connectivity index (χ0v) is 12.5. The molecule has 2 aliphatic carbocycles. The predicted octanol–water partition coefficient (Wildman–Crippen LogP) is 3.11. The zero-order chi connectivity index (χ0) is 16.1. The highest BCUT2D eigenvalue weighted by Gasteiger charge is 2.32. The first-order valence-electron chi connectivity index (χ1n) is 7.90. The lowest BCUT2D eigenvalue weighted by Gasteiger charge is -2.26. The van der Waals surface area contributed by atoms with Crippen LogP contribution in [0.5, 0.6) is 0 Å². The Kier molecular flexibility index (Phi) is 5.47. The van der Waals surface area contributed by atoms with Gasteiger partial charge >= 0.3 is 0 Å². The van der Waals surface area contributed by atoms with Crippen molar-refractivity contribution < 1.29 is 9.85 Å². The van der Waals surface area contributed by atoms with E-state index in [-0.39, 0.29) is 21.7 Å². The van der Waals surface area contributed by atoms with Gasteiger partial charge < -0.3 is 0 Å². The molecule has 0 spiro atoms. The maximum atomic E-state index is 10.9. The maximum absolute atomic E-state index is 10.9. The predicted molar refractivity (Wildman–Crippen MR) is 79.2 cm³/mol. The lowest BCUT2D eigenvalue weighted by Crippen LogP contribution is -2.28. The molecule has 2 atom stereocenters. The Bertz CT molecular complexity index is 503. The van der Waals surface area contributed by atoms with E-state index in [9.17, 15) is 25.5 Å². The quantitative estimate of drug-likeness (QED) is 0.450. The van der Waals surface area contributed by atoms with Gasteiger partial charge in [-0.2, -0.15) is 5.26 Å². The molecule has 0 heterocycles. The number of hydrogen-bond donors (Lipinski definition) is 0. The number of rotatable bonds is 4. The van der Waals surface area contributed by atoms with Crippen molar-refractivity contribution in [3.8, 4) is 6.07 Å². The molecule has 0 aromatic carbocycles. The van der Waals surface area contributed by atoms with Crippen LogP contribution in [-0.2, 0) is 0 Å². The molecule has 2 fully saturated rings. The topological polar surface area (TPSA) is 110 Å². The normalized spacial score (nSPS) is 33.0. The van der Waals surface area contributed by atoms with Crippen LogP contribution in [0.1, 0.15) is 51.4 Å². The van der Waals surface area contributed by atoms with Gasteiger partial charge in [-0.3, -0.25) is 20.2 Å². The average Bonchev–Trinajstić information content (AvgIpc) is 2.53. The number of allylic oxidation sites excluding steroid dienone is 2. The number of nitro groups is 2. The first-order chi connectivity index (χ1) is 10.5. The summed E-state index contributed by atoms with van der Waals surface area (Å²) < 4.78 is 0. The van der Waals surface area contributed by atoms with Crippen molar-refractivity contribution >= 4 is 0 Å². The highest BCUT2D eigenvalue weighted by Crippen LogP contribution is 2.34. The minimum atomic E-state index is -0.500. The molecule has 7 heteroatoms. The summed E-state index contributed by atoms with van der Waals surface area (Å²) in [5.41, 5.74) is 0.677. The van der Waals surface area contributed by atoms with E-state index >= 15 is 0 Å². The second-order valence-electron chi connectivity index (χ2n) is 6.39. The fourth-order valence-electron chi connectivity index (χ4n) is 3.66. The second kappa shape index (κ2) is 7.34. The highest BCUT2D eigenvalue weighted by molar-refractivity contribution is 5.25. The Balaban J connectivity index is 1.98. The zero-order valence-electron chi connectivity index (χ0n) is 12.5. The fraction of sp³-hybridized carbons (Fsp3) is 0.800. The van der Waals surface area contributed by atoms with Crippen molar-refractivity contribution in [2.24, 2.45) is 11.8 Å². The molecule has 0 amide bonds. The van der Waals surface area contributed by atoms with Gasteiger partial charge in [0, 0.05) is 41.1 Å². The first kappa shape index (κ1) is 16.4. The molecule has 2 rings (SSSR count). The highest BCUT2D eigenvalue weighted by atomic mass is 16.6. The van der Waals surface area contributed by atoms with Gasteiger partial charge in [0.2, 0.25) is 12.1 Å². The van der Waals surface area contributed by atoms with E-state index < -0.39 is 12.1 Å². The summed E-state index contributed by atoms with van der Waals surface area (Å²) in [6.45, 7) is 0.